The second-order valence-electron chi connectivity index (χ2n) is 5.21. The fourth-order valence-electron chi connectivity index (χ4n) is 2.09. The number of rotatable bonds is 7. The number of hydrogen-bond acceptors (Lipinski definition) is 2. The highest BCUT2D eigenvalue weighted by molar-refractivity contribution is 7.98. The molecule has 0 fully saturated rings. The first-order chi connectivity index (χ1) is 10.2. The van der Waals surface area contributed by atoms with Gasteiger partial charge in [0, 0.05) is 22.2 Å². The predicted molar refractivity (Wildman–Crippen MR) is 94.2 cm³/mol. The van der Waals surface area contributed by atoms with Crippen molar-refractivity contribution < 1.29 is 0 Å². The summed E-state index contributed by atoms with van der Waals surface area (Å²) in [6.45, 7) is 6.25. The van der Waals surface area contributed by atoms with Gasteiger partial charge in [0.05, 0.1) is 0 Å². The van der Waals surface area contributed by atoms with Gasteiger partial charge in [-0.25, -0.2) is 0 Å². The van der Waals surface area contributed by atoms with E-state index in [4.69, 9.17) is 11.6 Å². The fraction of sp³-hybridized carbons (Fsp3) is 0.333. The molecule has 0 saturated carbocycles. The van der Waals surface area contributed by atoms with Crippen LogP contribution in [0.3, 0.4) is 0 Å². The zero-order chi connectivity index (χ0) is 15.1. The molecule has 0 spiro atoms. The van der Waals surface area contributed by atoms with Gasteiger partial charge in [-0.1, -0.05) is 42.8 Å². The molecular weight excluding hydrogens is 298 g/mol. The fourth-order valence-corrected chi connectivity index (χ4v) is 3.45. The van der Waals surface area contributed by atoms with E-state index in [2.05, 4.69) is 55.6 Å². The third kappa shape index (κ3) is 5.39. The lowest BCUT2D eigenvalue weighted by Gasteiger charge is -2.08. The first-order valence-corrected chi connectivity index (χ1v) is 8.73. The summed E-state index contributed by atoms with van der Waals surface area (Å²) in [7, 11) is 0. The van der Waals surface area contributed by atoms with Gasteiger partial charge < -0.3 is 5.32 Å². The molecule has 0 aromatic heterocycles. The Morgan fingerprint density at radius 1 is 1.14 bits per heavy atom. The second-order valence-corrected chi connectivity index (χ2v) is 6.66. The van der Waals surface area contributed by atoms with Crippen molar-refractivity contribution in [1.29, 1.82) is 0 Å². The molecule has 1 nitrogen and oxygen atoms in total. The molecule has 3 heteroatoms. The highest BCUT2D eigenvalue weighted by Gasteiger charge is 2.03. The molecule has 21 heavy (non-hydrogen) atoms. The first-order valence-electron chi connectivity index (χ1n) is 7.36. The van der Waals surface area contributed by atoms with Crippen LogP contribution in [0.4, 0.5) is 0 Å². The van der Waals surface area contributed by atoms with Crippen LogP contribution in [-0.2, 0) is 12.3 Å². The zero-order valence-electron chi connectivity index (χ0n) is 12.7. The van der Waals surface area contributed by atoms with E-state index >= 15 is 0 Å². The number of benzene rings is 2. The molecule has 2 rings (SSSR count). The summed E-state index contributed by atoms with van der Waals surface area (Å²) in [5.74, 6) is 0.908. The van der Waals surface area contributed by atoms with Gasteiger partial charge in [0.1, 0.15) is 0 Å². The Bertz CT molecular complexity index is 583. The highest BCUT2D eigenvalue weighted by atomic mass is 35.5. The smallest absolute Gasteiger partial charge is 0.0449 e. The molecule has 0 aliphatic rings. The number of halogens is 1. The summed E-state index contributed by atoms with van der Waals surface area (Å²) in [5, 5.41) is 4.30. The van der Waals surface area contributed by atoms with Crippen molar-refractivity contribution in [2.45, 2.75) is 37.5 Å². The molecule has 0 aliphatic heterocycles. The minimum absolute atomic E-state index is 0.864. The molecule has 0 unspecified atom stereocenters. The molecule has 2 aromatic carbocycles. The van der Waals surface area contributed by atoms with Crippen LogP contribution in [0.2, 0.25) is 5.02 Å². The molecule has 0 atom stereocenters. The maximum atomic E-state index is 6.29. The van der Waals surface area contributed by atoms with E-state index in [1.807, 2.05) is 17.8 Å². The van der Waals surface area contributed by atoms with Crippen molar-refractivity contribution in [2.75, 3.05) is 6.54 Å². The molecule has 0 heterocycles. The standard InChI is InChI=1S/C18H22ClNS/c1-3-9-20-12-15-5-4-6-17(11-15)21-13-16-8-7-14(2)10-18(16)19/h4-8,10-11,20H,3,9,12-13H2,1-2H3. The van der Waals surface area contributed by atoms with Crippen LogP contribution in [0, 0.1) is 6.92 Å². The predicted octanol–water partition coefficient (Wildman–Crippen LogP) is 5.44. The van der Waals surface area contributed by atoms with E-state index in [9.17, 15) is 0 Å². The summed E-state index contributed by atoms with van der Waals surface area (Å²) in [6, 6.07) is 15.0. The summed E-state index contributed by atoms with van der Waals surface area (Å²) in [5.41, 5.74) is 3.74. The molecule has 0 bridgehead atoms. The van der Waals surface area contributed by atoms with Gasteiger partial charge in [0.25, 0.3) is 0 Å². The van der Waals surface area contributed by atoms with E-state index in [1.165, 1.54) is 28.0 Å². The van der Waals surface area contributed by atoms with E-state index in [0.29, 0.717) is 0 Å². The van der Waals surface area contributed by atoms with Gasteiger partial charge in [0.2, 0.25) is 0 Å². The third-order valence-electron chi connectivity index (χ3n) is 3.26. The SMILES string of the molecule is CCCNCc1cccc(SCc2ccc(C)cc2Cl)c1. The van der Waals surface area contributed by atoms with Crippen molar-refractivity contribution >= 4 is 23.4 Å². The summed E-state index contributed by atoms with van der Waals surface area (Å²) < 4.78 is 0. The second kappa shape index (κ2) is 8.47. The average Bonchev–Trinajstić information content (AvgIpc) is 2.47. The summed E-state index contributed by atoms with van der Waals surface area (Å²) in [4.78, 5) is 1.29. The maximum Gasteiger partial charge on any atom is 0.0449 e. The van der Waals surface area contributed by atoms with Gasteiger partial charge in [-0.3, -0.25) is 0 Å². The third-order valence-corrected chi connectivity index (χ3v) is 4.65. The Labute approximate surface area is 137 Å². The van der Waals surface area contributed by atoms with E-state index < -0.39 is 0 Å². The normalized spacial score (nSPS) is 10.8. The monoisotopic (exact) mass is 319 g/mol. The van der Waals surface area contributed by atoms with Crippen LogP contribution in [0.5, 0.6) is 0 Å². The van der Waals surface area contributed by atoms with Crippen LogP contribution in [0.1, 0.15) is 30.0 Å². The van der Waals surface area contributed by atoms with Crippen molar-refractivity contribution in [1.82, 2.24) is 5.32 Å². The van der Waals surface area contributed by atoms with Crippen LogP contribution < -0.4 is 5.32 Å². The Kier molecular flexibility index (Phi) is 6.62. The maximum absolute atomic E-state index is 6.29. The summed E-state index contributed by atoms with van der Waals surface area (Å²) >= 11 is 8.12. The largest absolute Gasteiger partial charge is 0.313 e. The topological polar surface area (TPSA) is 12.0 Å². The van der Waals surface area contributed by atoms with Crippen molar-refractivity contribution in [3.05, 3.63) is 64.2 Å². The first kappa shape index (κ1) is 16.4. The molecule has 0 aliphatic carbocycles. The van der Waals surface area contributed by atoms with E-state index in [-0.39, 0.29) is 0 Å². The van der Waals surface area contributed by atoms with Crippen LogP contribution in [0.25, 0.3) is 0 Å². The lowest BCUT2D eigenvalue weighted by Crippen LogP contribution is -2.13. The van der Waals surface area contributed by atoms with Gasteiger partial charge in [-0.15, -0.1) is 11.8 Å². The molecule has 0 amide bonds. The van der Waals surface area contributed by atoms with E-state index in [0.717, 1.165) is 23.9 Å². The zero-order valence-corrected chi connectivity index (χ0v) is 14.2. The Hall–Kier alpha value is -0.960. The van der Waals surface area contributed by atoms with Gasteiger partial charge in [-0.05, 0) is 54.8 Å². The van der Waals surface area contributed by atoms with Gasteiger partial charge >= 0.3 is 0 Å². The Balaban J connectivity index is 1.95. The van der Waals surface area contributed by atoms with Crippen molar-refractivity contribution in [2.24, 2.45) is 0 Å². The number of nitrogens with one attached hydrogen (secondary N) is 1. The molecular formula is C18H22ClNS. The number of aryl methyl sites for hydroxylation is 1. The van der Waals surface area contributed by atoms with Crippen LogP contribution in [-0.4, -0.2) is 6.54 Å². The Morgan fingerprint density at radius 3 is 2.76 bits per heavy atom. The number of thioether (sulfide) groups is 1. The number of hydrogen-bond donors (Lipinski definition) is 1. The van der Waals surface area contributed by atoms with Crippen molar-refractivity contribution in [3.8, 4) is 0 Å². The quantitative estimate of drug-likeness (QED) is 0.538. The molecule has 112 valence electrons. The van der Waals surface area contributed by atoms with Crippen LogP contribution >= 0.6 is 23.4 Å². The van der Waals surface area contributed by atoms with Gasteiger partial charge in [0.15, 0.2) is 0 Å². The molecule has 0 saturated heterocycles. The average molecular weight is 320 g/mol. The van der Waals surface area contributed by atoms with Gasteiger partial charge in [-0.2, -0.15) is 0 Å². The lowest BCUT2D eigenvalue weighted by atomic mass is 10.2. The highest BCUT2D eigenvalue weighted by Crippen LogP contribution is 2.27. The molecule has 2 aromatic rings. The van der Waals surface area contributed by atoms with E-state index in [1.54, 1.807) is 0 Å². The lowest BCUT2D eigenvalue weighted by molar-refractivity contribution is 0.674. The molecule has 0 radical (unpaired) electrons. The Morgan fingerprint density at radius 2 is 2.00 bits per heavy atom. The molecule has 1 N–H and O–H groups in total. The minimum Gasteiger partial charge on any atom is -0.313 e. The summed E-state index contributed by atoms with van der Waals surface area (Å²) in [6.07, 6.45) is 1.17. The van der Waals surface area contributed by atoms with Crippen LogP contribution in [0.15, 0.2) is 47.4 Å². The van der Waals surface area contributed by atoms with Crippen molar-refractivity contribution in [3.63, 3.8) is 0 Å². The minimum atomic E-state index is 0.864.